The number of thiocarbonyl (C=S) groups is 1. The Morgan fingerprint density at radius 2 is 1.68 bits per heavy atom. The molecule has 0 saturated carbocycles. The fourth-order valence-electron chi connectivity index (χ4n) is 3.64. The van der Waals surface area contributed by atoms with Crippen molar-refractivity contribution in [2.75, 3.05) is 5.32 Å². The Labute approximate surface area is 227 Å². The van der Waals surface area contributed by atoms with Crippen molar-refractivity contribution in [2.24, 2.45) is 0 Å². The standard InChI is InChI=1S/C27H19Cl2N5O2S/c1-16-11-23-24(33-34(32-23)20-5-3-2-4-6-20)15-22(16)30-27(37)31-26(35)10-8-21-7-9-25(36-21)17-12-18(28)14-19(29)13-17/h2-15H,1H3,(H2,30,31,35,37)/b10-8+. The highest BCUT2D eigenvalue weighted by molar-refractivity contribution is 7.80. The first-order valence-corrected chi connectivity index (χ1v) is 12.3. The quantitative estimate of drug-likeness (QED) is 0.185. The van der Waals surface area contributed by atoms with Crippen LogP contribution < -0.4 is 10.6 Å². The molecule has 0 fully saturated rings. The molecule has 0 aliphatic heterocycles. The summed E-state index contributed by atoms with van der Waals surface area (Å²) >= 11 is 17.5. The lowest BCUT2D eigenvalue weighted by molar-refractivity contribution is -0.115. The van der Waals surface area contributed by atoms with Crippen molar-refractivity contribution in [1.29, 1.82) is 0 Å². The van der Waals surface area contributed by atoms with E-state index in [0.717, 1.165) is 28.0 Å². The summed E-state index contributed by atoms with van der Waals surface area (Å²) in [5, 5.41) is 15.9. The number of carbonyl (C=O) groups is 1. The second-order valence-corrected chi connectivity index (χ2v) is 9.40. The van der Waals surface area contributed by atoms with Crippen LogP contribution in [-0.4, -0.2) is 26.0 Å². The van der Waals surface area contributed by atoms with Gasteiger partial charge >= 0.3 is 0 Å². The van der Waals surface area contributed by atoms with Gasteiger partial charge in [-0.3, -0.25) is 10.1 Å². The molecule has 2 aromatic heterocycles. The monoisotopic (exact) mass is 547 g/mol. The normalized spacial score (nSPS) is 11.2. The minimum absolute atomic E-state index is 0.154. The van der Waals surface area contributed by atoms with Crippen LogP contribution in [0.5, 0.6) is 0 Å². The summed E-state index contributed by atoms with van der Waals surface area (Å²) in [5.41, 5.74) is 4.67. The Balaban J connectivity index is 1.23. The predicted octanol–water partition coefficient (Wildman–Crippen LogP) is 6.82. The minimum atomic E-state index is -0.407. The highest BCUT2D eigenvalue weighted by atomic mass is 35.5. The number of fused-ring (bicyclic) bond motifs is 1. The van der Waals surface area contributed by atoms with E-state index in [2.05, 4.69) is 20.8 Å². The van der Waals surface area contributed by atoms with Crippen LogP contribution in [0.3, 0.4) is 0 Å². The first kappa shape index (κ1) is 24.7. The van der Waals surface area contributed by atoms with Crippen molar-refractivity contribution < 1.29 is 9.21 Å². The number of rotatable bonds is 5. The molecule has 5 aromatic rings. The summed E-state index contributed by atoms with van der Waals surface area (Å²) in [6.07, 6.45) is 2.88. The largest absolute Gasteiger partial charge is 0.457 e. The molecule has 0 atom stereocenters. The maximum absolute atomic E-state index is 12.4. The first-order chi connectivity index (χ1) is 17.8. The molecule has 0 unspecified atom stereocenters. The number of aryl methyl sites for hydroxylation is 1. The van der Waals surface area contributed by atoms with Gasteiger partial charge < -0.3 is 9.73 Å². The van der Waals surface area contributed by atoms with Crippen molar-refractivity contribution in [3.05, 3.63) is 100 Å². The van der Waals surface area contributed by atoms with Crippen LogP contribution in [0.2, 0.25) is 10.0 Å². The number of amides is 1. The van der Waals surface area contributed by atoms with E-state index in [-0.39, 0.29) is 5.11 Å². The lowest BCUT2D eigenvalue weighted by Crippen LogP contribution is -2.33. The summed E-state index contributed by atoms with van der Waals surface area (Å²) in [6, 6.07) is 22.1. The highest BCUT2D eigenvalue weighted by Gasteiger charge is 2.11. The Hall–Kier alpha value is -3.98. The SMILES string of the molecule is Cc1cc2nn(-c3ccccc3)nc2cc1NC(=S)NC(=O)/C=C/c1ccc(-c2cc(Cl)cc(Cl)c2)o1. The van der Waals surface area contributed by atoms with Crippen LogP contribution in [-0.2, 0) is 4.79 Å². The molecule has 0 bridgehead atoms. The van der Waals surface area contributed by atoms with Gasteiger partial charge in [0.1, 0.15) is 22.6 Å². The number of hydrogen-bond donors (Lipinski definition) is 2. The average molecular weight is 548 g/mol. The number of furan rings is 1. The van der Waals surface area contributed by atoms with Crippen LogP contribution in [0.15, 0.2) is 83.3 Å². The zero-order valence-corrected chi connectivity index (χ0v) is 21.7. The van der Waals surface area contributed by atoms with Gasteiger partial charge in [-0.1, -0.05) is 41.4 Å². The Kier molecular flexibility index (Phi) is 7.05. The minimum Gasteiger partial charge on any atom is -0.457 e. The lowest BCUT2D eigenvalue weighted by atomic mass is 10.2. The van der Waals surface area contributed by atoms with Gasteiger partial charge in [-0.05, 0) is 85.4 Å². The fourth-order valence-corrected chi connectivity index (χ4v) is 4.37. The molecule has 184 valence electrons. The van der Waals surface area contributed by atoms with Gasteiger partial charge in [-0.2, -0.15) is 4.80 Å². The van der Waals surface area contributed by atoms with Crippen LogP contribution >= 0.6 is 35.4 Å². The third kappa shape index (κ3) is 5.89. The number of aromatic nitrogens is 3. The first-order valence-electron chi connectivity index (χ1n) is 11.1. The van der Waals surface area contributed by atoms with Gasteiger partial charge in [0.15, 0.2) is 5.11 Å². The molecule has 10 heteroatoms. The van der Waals surface area contributed by atoms with Crippen molar-refractivity contribution in [1.82, 2.24) is 20.3 Å². The molecule has 0 spiro atoms. The summed E-state index contributed by atoms with van der Waals surface area (Å²) in [4.78, 5) is 14.0. The summed E-state index contributed by atoms with van der Waals surface area (Å²) in [7, 11) is 0. The second kappa shape index (κ2) is 10.6. The summed E-state index contributed by atoms with van der Waals surface area (Å²) in [6.45, 7) is 1.93. The van der Waals surface area contributed by atoms with Gasteiger partial charge in [0.05, 0.1) is 5.69 Å². The van der Waals surface area contributed by atoms with Gasteiger partial charge in [-0.15, -0.1) is 10.2 Å². The molecule has 37 heavy (non-hydrogen) atoms. The molecule has 1 amide bonds. The van der Waals surface area contributed by atoms with Crippen molar-refractivity contribution in [3.63, 3.8) is 0 Å². The fraction of sp³-hybridized carbons (Fsp3) is 0.0370. The van der Waals surface area contributed by atoms with Crippen molar-refractivity contribution >= 4 is 69.2 Å². The van der Waals surface area contributed by atoms with E-state index in [9.17, 15) is 4.79 Å². The molecule has 0 radical (unpaired) electrons. The van der Waals surface area contributed by atoms with Crippen LogP contribution in [0.25, 0.3) is 34.1 Å². The van der Waals surface area contributed by atoms with Gasteiger partial charge in [0, 0.05) is 27.4 Å². The van der Waals surface area contributed by atoms with Gasteiger partial charge in [0.25, 0.3) is 0 Å². The van der Waals surface area contributed by atoms with Crippen molar-refractivity contribution in [3.8, 4) is 17.0 Å². The molecule has 0 aliphatic rings. The third-order valence-electron chi connectivity index (χ3n) is 5.37. The summed E-state index contributed by atoms with van der Waals surface area (Å²) in [5.74, 6) is 0.662. The Morgan fingerprint density at radius 3 is 2.41 bits per heavy atom. The highest BCUT2D eigenvalue weighted by Crippen LogP contribution is 2.29. The number of carbonyl (C=O) groups excluding carboxylic acids is 1. The molecular formula is C27H19Cl2N5O2S. The van der Waals surface area contributed by atoms with E-state index in [1.54, 1.807) is 41.2 Å². The van der Waals surface area contributed by atoms with Crippen LogP contribution in [0, 0.1) is 6.92 Å². The van der Waals surface area contributed by atoms with E-state index in [1.807, 2.05) is 49.4 Å². The number of nitrogens with one attached hydrogen (secondary N) is 2. The molecule has 5 rings (SSSR count). The van der Waals surface area contributed by atoms with E-state index < -0.39 is 5.91 Å². The van der Waals surface area contributed by atoms with Gasteiger partial charge in [0.2, 0.25) is 5.91 Å². The number of para-hydroxylation sites is 1. The van der Waals surface area contributed by atoms with E-state index in [4.69, 9.17) is 39.8 Å². The Bertz CT molecular complexity index is 1640. The van der Waals surface area contributed by atoms with E-state index in [1.165, 1.54) is 6.08 Å². The zero-order valence-electron chi connectivity index (χ0n) is 19.4. The number of anilines is 1. The average Bonchev–Trinajstić information content (AvgIpc) is 3.50. The molecule has 0 saturated heterocycles. The van der Waals surface area contributed by atoms with Crippen LogP contribution in [0.1, 0.15) is 11.3 Å². The number of halogens is 2. The molecule has 0 aliphatic carbocycles. The number of nitrogens with zero attached hydrogens (tertiary/aromatic N) is 3. The molecular weight excluding hydrogens is 529 g/mol. The molecule has 2 N–H and O–H groups in total. The molecule has 7 nitrogen and oxygen atoms in total. The third-order valence-corrected chi connectivity index (χ3v) is 6.01. The predicted molar refractivity (Wildman–Crippen MR) is 151 cm³/mol. The smallest absolute Gasteiger partial charge is 0.250 e. The zero-order chi connectivity index (χ0) is 25.9. The molecule has 2 heterocycles. The lowest BCUT2D eigenvalue weighted by Gasteiger charge is -2.10. The van der Waals surface area contributed by atoms with Crippen LogP contribution in [0.4, 0.5) is 5.69 Å². The number of benzene rings is 3. The summed E-state index contributed by atoms with van der Waals surface area (Å²) < 4.78 is 5.77. The second-order valence-electron chi connectivity index (χ2n) is 8.12. The van der Waals surface area contributed by atoms with E-state index in [0.29, 0.717) is 27.1 Å². The maximum atomic E-state index is 12.4. The molecule has 3 aromatic carbocycles. The maximum Gasteiger partial charge on any atom is 0.250 e. The topological polar surface area (TPSA) is 85.0 Å². The Morgan fingerprint density at radius 1 is 0.973 bits per heavy atom. The van der Waals surface area contributed by atoms with E-state index >= 15 is 0 Å². The van der Waals surface area contributed by atoms with Gasteiger partial charge in [-0.25, -0.2) is 0 Å². The van der Waals surface area contributed by atoms with Crippen molar-refractivity contribution in [2.45, 2.75) is 6.92 Å². The number of hydrogen-bond acceptors (Lipinski definition) is 5.